The molecule has 82 valence electrons. The molecule has 0 N–H and O–H groups in total. The third-order valence-corrected chi connectivity index (χ3v) is 3.03. The zero-order valence-corrected chi connectivity index (χ0v) is 9.26. The summed E-state index contributed by atoms with van der Waals surface area (Å²) >= 11 is 0. The van der Waals surface area contributed by atoms with Gasteiger partial charge < -0.3 is 4.74 Å². The monoisotopic (exact) mass is 198 g/mol. The third-order valence-electron chi connectivity index (χ3n) is 3.03. The molecular formula is C12H22O2. The van der Waals surface area contributed by atoms with E-state index >= 15 is 0 Å². The molecule has 0 amide bonds. The van der Waals surface area contributed by atoms with Crippen molar-refractivity contribution in [2.24, 2.45) is 0 Å². The van der Waals surface area contributed by atoms with Gasteiger partial charge in [0.25, 0.3) is 0 Å². The lowest BCUT2D eigenvalue weighted by Gasteiger charge is -2.12. The van der Waals surface area contributed by atoms with Crippen LogP contribution in [0.25, 0.3) is 0 Å². The van der Waals surface area contributed by atoms with Crippen LogP contribution in [0.3, 0.4) is 0 Å². The molecule has 0 aromatic carbocycles. The van der Waals surface area contributed by atoms with Gasteiger partial charge in [-0.25, -0.2) is 0 Å². The maximum atomic E-state index is 11.7. The summed E-state index contributed by atoms with van der Waals surface area (Å²) in [6.07, 6.45) is 10.2. The number of carbonyl (C=O) groups excluding carboxylic acids is 1. The van der Waals surface area contributed by atoms with E-state index in [4.69, 9.17) is 4.74 Å². The second kappa shape index (κ2) is 6.99. The summed E-state index contributed by atoms with van der Waals surface area (Å²) < 4.78 is 5.23. The number of ether oxygens (including phenoxy) is 1. The topological polar surface area (TPSA) is 26.3 Å². The average molecular weight is 198 g/mol. The van der Waals surface area contributed by atoms with E-state index < -0.39 is 0 Å². The van der Waals surface area contributed by atoms with Crippen LogP contribution in [-0.2, 0) is 9.53 Å². The van der Waals surface area contributed by atoms with E-state index in [9.17, 15) is 4.79 Å². The van der Waals surface area contributed by atoms with Crippen molar-refractivity contribution < 1.29 is 9.53 Å². The maximum absolute atomic E-state index is 11.7. The van der Waals surface area contributed by atoms with Crippen LogP contribution in [0.1, 0.15) is 57.8 Å². The van der Waals surface area contributed by atoms with Crippen molar-refractivity contribution in [3.63, 3.8) is 0 Å². The Labute approximate surface area is 87.0 Å². The van der Waals surface area contributed by atoms with Gasteiger partial charge >= 0.3 is 0 Å². The summed E-state index contributed by atoms with van der Waals surface area (Å²) in [6.45, 7) is 0. The van der Waals surface area contributed by atoms with Crippen molar-refractivity contribution in [3.05, 3.63) is 0 Å². The molecule has 1 aliphatic rings. The fourth-order valence-electron chi connectivity index (χ4n) is 2.08. The molecule has 1 atom stereocenters. The summed E-state index contributed by atoms with van der Waals surface area (Å²) in [5.74, 6) is 0.314. The first-order chi connectivity index (χ1) is 6.84. The van der Waals surface area contributed by atoms with Gasteiger partial charge in [0, 0.05) is 13.5 Å². The van der Waals surface area contributed by atoms with Gasteiger partial charge in [-0.15, -0.1) is 0 Å². The third kappa shape index (κ3) is 4.23. The highest BCUT2D eigenvalue weighted by Crippen LogP contribution is 2.16. The van der Waals surface area contributed by atoms with Crippen LogP contribution in [0.4, 0.5) is 0 Å². The molecule has 0 saturated heterocycles. The van der Waals surface area contributed by atoms with Gasteiger partial charge in [-0.05, 0) is 12.8 Å². The van der Waals surface area contributed by atoms with E-state index in [2.05, 4.69) is 0 Å². The Kier molecular flexibility index (Phi) is 5.85. The first-order valence-electron chi connectivity index (χ1n) is 5.90. The van der Waals surface area contributed by atoms with E-state index in [0.717, 1.165) is 25.7 Å². The van der Waals surface area contributed by atoms with Crippen LogP contribution >= 0.6 is 0 Å². The number of ketones is 1. The molecule has 1 unspecified atom stereocenters. The molecule has 0 bridgehead atoms. The molecule has 0 aliphatic heterocycles. The highest BCUT2D eigenvalue weighted by atomic mass is 16.5. The van der Waals surface area contributed by atoms with E-state index in [1.807, 2.05) is 0 Å². The Morgan fingerprint density at radius 3 is 2.21 bits per heavy atom. The Bertz CT molecular complexity index is 166. The first kappa shape index (κ1) is 11.7. The highest BCUT2D eigenvalue weighted by molar-refractivity contribution is 5.82. The summed E-state index contributed by atoms with van der Waals surface area (Å²) in [7, 11) is 1.65. The standard InChI is InChI=1S/C12H22O2/c1-14-12-10-8-6-4-2-3-5-7-9-11(12)13/h12H,2-10H2,1H3. The van der Waals surface area contributed by atoms with Crippen LogP contribution < -0.4 is 0 Å². The first-order valence-corrected chi connectivity index (χ1v) is 5.90. The molecule has 0 aromatic heterocycles. The van der Waals surface area contributed by atoms with Crippen LogP contribution in [0.15, 0.2) is 0 Å². The average Bonchev–Trinajstić information content (AvgIpc) is 2.24. The zero-order chi connectivity index (χ0) is 10.2. The normalized spacial score (nSPS) is 26.9. The summed E-state index contributed by atoms with van der Waals surface area (Å²) in [5.41, 5.74) is 0. The minimum atomic E-state index is -0.118. The lowest BCUT2D eigenvalue weighted by Crippen LogP contribution is -2.22. The van der Waals surface area contributed by atoms with E-state index in [1.54, 1.807) is 7.11 Å². The SMILES string of the molecule is COC1CCCCCCCCCC1=O. The zero-order valence-electron chi connectivity index (χ0n) is 9.26. The number of carbonyl (C=O) groups is 1. The van der Waals surface area contributed by atoms with Gasteiger partial charge in [-0.1, -0.05) is 38.5 Å². The number of hydrogen-bond acceptors (Lipinski definition) is 2. The second-order valence-electron chi connectivity index (χ2n) is 4.20. The molecule has 1 fully saturated rings. The molecule has 1 rings (SSSR count). The summed E-state index contributed by atoms with van der Waals surface area (Å²) in [5, 5.41) is 0. The smallest absolute Gasteiger partial charge is 0.161 e. The number of methoxy groups -OCH3 is 1. The van der Waals surface area contributed by atoms with Gasteiger partial charge in [0.05, 0.1) is 0 Å². The highest BCUT2D eigenvalue weighted by Gasteiger charge is 2.16. The van der Waals surface area contributed by atoms with Crippen LogP contribution in [-0.4, -0.2) is 19.0 Å². The minimum absolute atomic E-state index is 0.118. The molecule has 0 heterocycles. The fourth-order valence-corrected chi connectivity index (χ4v) is 2.08. The van der Waals surface area contributed by atoms with Gasteiger partial charge in [-0.3, -0.25) is 4.79 Å². The van der Waals surface area contributed by atoms with Crippen molar-refractivity contribution in [1.29, 1.82) is 0 Å². The Hall–Kier alpha value is -0.370. The molecular weight excluding hydrogens is 176 g/mol. The lowest BCUT2D eigenvalue weighted by atomic mass is 10.0. The van der Waals surface area contributed by atoms with Gasteiger partial charge in [0.15, 0.2) is 5.78 Å². The van der Waals surface area contributed by atoms with Crippen LogP contribution in [0.2, 0.25) is 0 Å². The summed E-state index contributed by atoms with van der Waals surface area (Å²) in [6, 6.07) is 0. The Morgan fingerprint density at radius 2 is 1.57 bits per heavy atom. The molecule has 0 aromatic rings. The molecule has 1 saturated carbocycles. The maximum Gasteiger partial charge on any atom is 0.161 e. The largest absolute Gasteiger partial charge is 0.374 e. The van der Waals surface area contributed by atoms with Crippen LogP contribution in [0, 0.1) is 0 Å². The van der Waals surface area contributed by atoms with Crippen molar-refractivity contribution in [3.8, 4) is 0 Å². The molecule has 0 radical (unpaired) electrons. The van der Waals surface area contributed by atoms with E-state index in [-0.39, 0.29) is 6.10 Å². The number of hydrogen-bond donors (Lipinski definition) is 0. The predicted octanol–water partition coefficient (Wildman–Crippen LogP) is 3.10. The second-order valence-corrected chi connectivity index (χ2v) is 4.20. The van der Waals surface area contributed by atoms with Gasteiger partial charge in [0.1, 0.15) is 6.10 Å². The van der Waals surface area contributed by atoms with Crippen molar-refractivity contribution in [2.75, 3.05) is 7.11 Å². The molecule has 2 heteroatoms. The van der Waals surface area contributed by atoms with Crippen molar-refractivity contribution in [1.82, 2.24) is 0 Å². The Morgan fingerprint density at radius 1 is 1.00 bits per heavy atom. The molecule has 14 heavy (non-hydrogen) atoms. The van der Waals surface area contributed by atoms with E-state index in [1.165, 1.54) is 32.1 Å². The minimum Gasteiger partial charge on any atom is -0.374 e. The molecule has 0 spiro atoms. The quantitative estimate of drug-likeness (QED) is 0.647. The van der Waals surface area contributed by atoms with Crippen molar-refractivity contribution in [2.45, 2.75) is 63.9 Å². The van der Waals surface area contributed by atoms with Crippen LogP contribution in [0.5, 0.6) is 0 Å². The molecule has 2 nitrogen and oxygen atoms in total. The predicted molar refractivity (Wildman–Crippen MR) is 57.4 cm³/mol. The Balaban J connectivity index is 2.37. The van der Waals surface area contributed by atoms with Crippen molar-refractivity contribution >= 4 is 5.78 Å². The van der Waals surface area contributed by atoms with Gasteiger partial charge in [-0.2, -0.15) is 0 Å². The molecule has 1 aliphatic carbocycles. The van der Waals surface area contributed by atoms with E-state index in [0.29, 0.717) is 5.78 Å². The van der Waals surface area contributed by atoms with Gasteiger partial charge in [0.2, 0.25) is 0 Å². The lowest BCUT2D eigenvalue weighted by molar-refractivity contribution is -0.129. The summed E-state index contributed by atoms with van der Waals surface area (Å²) in [4.78, 5) is 11.7. The number of rotatable bonds is 1. The number of Topliss-reactive ketones (excluding diaryl/α,β-unsaturated/α-hetero) is 1. The fraction of sp³-hybridized carbons (Fsp3) is 0.917.